The lowest BCUT2D eigenvalue weighted by atomic mass is 9.96. The molecule has 2 atom stereocenters. The Balaban J connectivity index is 3.34. The van der Waals surface area contributed by atoms with E-state index in [2.05, 4.69) is 17.2 Å². The third-order valence-corrected chi connectivity index (χ3v) is 5.19. The number of rotatable bonds is 12. The van der Waals surface area contributed by atoms with Gasteiger partial charge in [0.15, 0.2) is 0 Å². The van der Waals surface area contributed by atoms with Gasteiger partial charge >= 0.3 is 12.1 Å². The molecule has 0 aliphatic rings. The van der Waals surface area contributed by atoms with Crippen LogP contribution in [0.2, 0.25) is 0 Å². The Morgan fingerprint density at radius 3 is 2.31 bits per heavy atom. The molecule has 2 unspecified atom stereocenters. The monoisotopic (exact) mass is 503 g/mol. The van der Waals surface area contributed by atoms with Gasteiger partial charge in [0.05, 0.1) is 13.0 Å². The molecule has 9 heteroatoms. The largest absolute Gasteiger partial charge is 0.466 e. The lowest BCUT2D eigenvalue weighted by molar-refractivity contribution is -0.144. The van der Waals surface area contributed by atoms with Crippen LogP contribution < -0.4 is 10.6 Å². The Bertz CT molecular complexity index is 922. The quantitative estimate of drug-likeness (QED) is 0.332. The van der Waals surface area contributed by atoms with Crippen molar-refractivity contribution in [1.29, 1.82) is 0 Å². The predicted octanol–water partition coefficient (Wildman–Crippen LogP) is 3.67. The minimum atomic E-state index is -1.01. The first-order valence-electron chi connectivity index (χ1n) is 12.2. The Kier molecular flexibility index (Phi) is 12.1. The minimum Gasteiger partial charge on any atom is -0.466 e. The first-order valence-corrected chi connectivity index (χ1v) is 12.2. The maximum absolute atomic E-state index is 13.8. The summed E-state index contributed by atoms with van der Waals surface area (Å²) in [4.78, 5) is 52.9. The number of carbonyl (C=O) groups is 4. The Morgan fingerprint density at radius 1 is 1.14 bits per heavy atom. The highest BCUT2D eigenvalue weighted by molar-refractivity contribution is 5.92. The summed E-state index contributed by atoms with van der Waals surface area (Å²) in [5.74, 6) is -1.62. The van der Waals surface area contributed by atoms with Crippen molar-refractivity contribution in [2.24, 2.45) is 5.92 Å². The van der Waals surface area contributed by atoms with E-state index in [1.54, 1.807) is 53.7 Å². The van der Waals surface area contributed by atoms with Crippen LogP contribution in [0.25, 0.3) is 0 Å². The number of carbonyl (C=O) groups excluding carboxylic acids is 4. The van der Waals surface area contributed by atoms with Gasteiger partial charge in [-0.2, -0.15) is 0 Å². The van der Waals surface area contributed by atoms with Crippen molar-refractivity contribution in [2.75, 3.05) is 19.7 Å². The van der Waals surface area contributed by atoms with Crippen molar-refractivity contribution in [3.8, 4) is 0 Å². The zero-order chi connectivity index (χ0) is 27.5. The maximum Gasteiger partial charge on any atom is 0.408 e. The molecule has 0 aliphatic carbocycles. The highest BCUT2D eigenvalue weighted by Crippen LogP contribution is 2.26. The van der Waals surface area contributed by atoms with Crippen LogP contribution in [0.4, 0.5) is 4.79 Å². The van der Waals surface area contributed by atoms with Crippen LogP contribution in [-0.2, 0) is 23.9 Å². The second-order valence-electron chi connectivity index (χ2n) is 9.75. The zero-order valence-electron chi connectivity index (χ0n) is 22.6. The van der Waals surface area contributed by atoms with Crippen molar-refractivity contribution < 1.29 is 28.7 Å². The molecule has 0 fully saturated rings. The van der Waals surface area contributed by atoms with Crippen LogP contribution in [0, 0.1) is 12.8 Å². The smallest absolute Gasteiger partial charge is 0.408 e. The van der Waals surface area contributed by atoms with Gasteiger partial charge in [0.1, 0.15) is 17.7 Å². The lowest BCUT2D eigenvalue weighted by Crippen LogP contribution is -2.55. The van der Waals surface area contributed by atoms with Crippen molar-refractivity contribution in [1.82, 2.24) is 15.5 Å². The Morgan fingerprint density at radius 2 is 1.78 bits per heavy atom. The SMILES string of the molecule is C=CCN(C(=O)C(NC(=O)OC(C)(C)C)C(C)C)C(C(=O)NCCC(=O)OCC)c1ccccc1C. The molecule has 0 aromatic heterocycles. The van der Waals surface area contributed by atoms with Gasteiger partial charge < -0.3 is 25.0 Å². The lowest BCUT2D eigenvalue weighted by Gasteiger charge is -2.35. The fourth-order valence-electron chi connectivity index (χ4n) is 3.55. The van der Waals surface area contributed by atoms with Crippen LogP contribution in [0.5, 0.6) is 0 Å². The molecule has 2 N–H and O–H groups in total. The zero-order valence-corrected chi connectivity index (χ0v) is 22.6. The summed E-state index contributed by atoms with van der Waals surface area (Å²) >= 11 is 0. The van der Waals surface area contributed by atoms with E-state index in [-0.39, 0.29) is 32.0 Å². The number of hydrogen-bond acceptors (Lipinski definition) is 6. The molecule has 0 bridgehead atoms. The van der Waals surface area contributed by atoms with Gasteiger partial charge in [-0.25, -0.2) is 4.79 Å². The van der Waals surface area contributed by atoms with Gasteiger partial charge in [-0.1, -0.05) is 44.2 Å². The number of esters is 1. The molecule has 200 valence electrons. The average Bonchev–Trinajstić information content (AvgIpc) is 2.76. The van der Waals surface area contributed by atoms with Crippen LogP contribution in [-0.4, -0.2) is 60.1 Å². The van der Waals surface area contributed by atoms with E-state index in [0.29, 0.717) is 5.56 Å². The molecule has 1 rings (SSSR count). The number of benzene rings is 1. The van der Waals surface area contributed by atoms with E-state index in [0.717, 1.165) is 5.56 Å². The highest BCUT2D eigenvalue weighted by atomic mass is 16.6. The van der Waals surface area contributed by atoms with Crippen molar-refractivity contribution >= 4 is 23.9 Å². The standard InChI is InChI=1S/C27H41N3O6/c1-9-17-30(25(33)22(18(3)4)29-26(34)36-27(6,7)8)23(20-14-12-11-13-19(20)5)24(32)28-16-15-21(31)35-10-2/h9,11-14,18,22-23H,1,10,15-17H2,2-8H3,(H,28,32)(H,29,34). The summed E-state index contributed by atoms with van der Waals surface area (Å²) in [5.41, 5.74) is 0.699. The first kappa shape index (κ1) is 30.7. The number of aryl methyl sites for hydroxylation is 1. The third-order valence-electron chi connectivity index (χ3n) is 5.19. The number of hydrogen-bond donors (Lipinski definition) is 2. The summed E-state index contributed by atoms with van der Waals surface area (Å²) in [5, 5.41) is 5.42. The topological polar surface area (TPSA) is 114 Å². The van der Waals surface area contributed by atoms with Crippen molar-refractivity contribution in [3.63, 3.8) is 0 Å². The first-order chi connectivity index (χ1) is 16.8. The Hall–Kier alpha value is -3.36. The van der Waals surface area contributed by atoms with E-state index in [1.165, 1.54) is 11.0 Å². The number of nitrogens with zero attached hydrogens (tertiary/aromatic N) is 1. The molecule has 0 saturated heterocycles. The molecule has 0 saturated carbocycles. The average molecular weight is 504 g/mol. The molecule has 9 nitrogen and oxygen atoms in total. The molecule has 36 heavy (non-hydrogen) atoms. The molecule has 0 radical (unpaired) electrons. The van der Waals surface area contributed by atoms with Crippen LogP contribution in [0.3, 0.4) is 0 Å². The van der Waals surface area contributed by atoms with Crippen LogP contribution >= 0.6 is 0 Å². The van der Waals surface area contributed by atoms with E-state index < -0.39 is 41.6 Å². The molecule has 0 heterocycles. The third kappa shape index (κ3) is 9.71. The van der Waals surface area contributed by atoms with Gasteiger partial charge in [0.25, 0.3) is 0 Å². The summed E-state index contributed by atoms with van der Waals surface area (Å²) in [7, 11) is 0. The number of alkyl carbamates (subject to hydrolysis) is 1. The van der Waals surface area contributed by atoms with Gasteiger partial charge in [-0.15, -0.1) is 6.58 Å². The second-order valence-corrected chi connectivity index (χ2v) is 9.75. The molecule has 0 aliphatic heterocycles. The molecule has 0 spiro atoms. The molecule has 3 amide bonds. The fourth-order valence-corrected chi connectivity index (χ4v) is 3.55. The number of amides is 3. The van der Waals surface area contributed by atoms with Crippen LogP contribution in [0.15, 0.2) is 36.9 Å². The second kappa shape index (κ2) is 14.3. The van der Waals surface area contributed by atoms with Crippen molar-refractivity contribution in [3.05, 3.63) is 48.0 Å². The minimum absolute atomic E-state index is 0.00426. The maximum atomic E-state index is 13.8. The summed E-state index contributed by atoms with van der Waals surface area (Å²) < 4.78 is 10.3. The van der Waals surface area contributed by atoms with E-state index >= 15 is 0 Å². The van der Waals surface area contributed by atoms with E-state index in [1.807, 2.05) is 19.1 Å². The fraction of sp³-hybridized carbons (Fsp3) is 0.556. The van der Waals surface area contributed by atoms with Crippen molar-refractivity contribution in [2.45, 2.75) is 72.6 Å². The molecular weight excluding hydrogens is 462 g/mol. The molecule has 1 aromatic rings. The van der Waals surface area contributed by atoms with Gasteiger partial charge in [-0.05, 0) is 51.7 Å². The van der Waals surface area contributed by atoms with Gasteiger partial charge in [-0.3, -0.25) is 14.4 Å². The van der Waals surface area contributed by atoms with E-state index in [4.69, 9.17) is 9.47 Å². The normalized spacial score (nSPS) is 12.8. The van der Waals surface area contributed by atoms with Crippen LogP contribution in [0.1, 0.15) is 65.1 Å². The molecular formula is C27H41N3O6. The number of ether oxygens (including phenoxy) is 2. The summed E-state index contributed by atoms with van der Waals surface area (Å²) in [6.07, 6.45) is 0.809. The van der Waals surface area contributed by atoms with E-state index in [9.17, 15) is 19.2 Å². The van der Waals surface area contributed by atoms with Gasteiger partial charge in [0.2, 0.25) is 11.8 Å². The highest BCUT2D eigenvalue weighted by Gasteiger charge is 2.37. The Labute approximate surface area is 214 Å². The predicted molar refractivity (Wildman–Crippen MR) is 138 cm³/mol. The number of nitrogens with one attached hydrogen (secondary N) is 2. The summed E-state index contributed by atoms with van der Waals surface area (Å²) in [6, 6.07) is 5.30. The molecule has 1 aromatic carbocycles. The summed E-state index contributed by atoms with van der Waals surface area (Å²) in [6.45, 7) is 16.5. The van der Waals surface area contributed by atoms with Gasteiger partial charge in [0, 0.05) is 13.1 Å².